The van der Waals surface area contributed by atoms with E-state index in [9.17, 15) is 10.1 Å². The summed E-state index contributed by atoms with van der Waals surface area (Å²) >= 11 is 3.28. The summed E-state index contributed by atoms with van der Waals surface area (Å²) in [7, 11) is 0. The van der Waals surface area contributed by atoms with Crippen molar-refractivity contribution < 1.29 is 4.92 Å². The van der Waals surface area contributed by atoms with Gasteiger partial charge in [-0.25, -0.2) is 9.97 Å². The Morgan fingerprint density at radius 2 is 2.29 bits per heavy atom. The maximum atomic E-state index is 10.6. The summed E-state index contributed by atoms with van der Waals surface area (Å²) in [5.41, 5.74) is -0.0428. The first kappa shape index (κ1) is 11.7. The fourth-order valence-electron chi connectivity index (χ4n) is 1.49. The van der Waals surface area contributed by atoms with E-state index in [1.54, 1.807) is 17.0 Å². The molecule has 0 spiro atoms. The molecule has 0 aliphatic rings. The fourth-order valence-corrected chi connectivity index (χ4v) is 2.01. The topological polar surface area (TPSA) is 73.8 Å². The van der Waals surface area contributed by atoms with Crippen LogP contribution in [0.15, 0.2) is 29.1 Å². The van der Waals surface area contributed by atoms with Gasteiger partial charge in [0.05, 0.1) is 9.40 Å². The Morgan fingerprint density at radius 1 is 1.53 bits per heavy atom. The van der Waals surface area contributed by atoms with Crippen LogP contribution in [0.5, 0.6) is 0 Å². The van der Waals surface area contributed by atoms with Crippen LogP contribution in [-0.2, 0) is 6.42 Å². The molecule has 0 atom stereocenters. The molecule has 0 fully saturated rings. The van der Waals surface area contributed by atoms with E-state index in [1.165, 1.54) is 12.3 Å². The van der Waals surface area contributed by atoms with Crippen molar-refractivity contribution in [3.8, 4) is 5.82 Å². The maximum Gasteiger partial charge on any atom is 0.288 e. The highest BCUT2D eigenvalue weighted by Crippen LogP contribution is 2.24. The minimum absolute atomic E-state index is 0.0428. The van der Waals surface area contributed by atoms with Gasteiger partial charge in [-0.05, 0) is 15.9 Å². The molecular weight excluding hydrogens is 288 g/mol. The van der Waals surface area contributed by atoms with Crippen LogP contribution in [0.3, 0.4) is 0 Å². The fraction of sp³-hybridized carbons (Fsp3) is 0.200. The molecule has 7 heteroatoms. The van der Waals surface area contributed by atoms with Gasteiger partial charge >= 0.3 is 0 Å². The average molecular weight is 297 g/mol. The summed E-state index contributed by atoms with van der Waals surface area (Å²) in [6.45, 7) is 1.98. The molecule has 0 aromatic carbocycles. The minimum atomic E-state index is -0.476. The zero-order chi connectivity index (χ0) is 12.4. The minimum Gasteiger partial charge on any atom is -0.287 e. The molecule has 0 aliphatic heterocycles. The molecule has 2 rings (SSSR count). The van der Waals surface area contributed by atoms with Crippen molar-refractivity contribution in [1.82, 2.24) is 14.5 Å². The van der Waals surface area contributed by atoms with E-state index in [0.29, 0.717) is 10.3 Å². The molecule has 2 heterocycles. The lowest BCUT2D eigenvalue weighted by molar-refractivity contribution is -0.385. The molecule has 88 valence electrons. The van der Waals surface area contributed by atoms with Crippen molar-refractivity contribution in [2.45, 2.75) is 13.3 Å². The highest BCUT2D eigenvalue weighted by atomic mass is 79.9. The van der Waals surface area contributed by atoms with Crippen molar-refractivity contribution in [1.29, 1.82) is 0 Å². The number of pyridine rings is 1. The molecule has 17 heavy (non-hydrogen) atoms. The van der Waals surface area contributed by atoms with Gasteiger partial charge in [-0.15, -0.1) is 0 Å². The molecule has 0 amide bonds. The van der Waals surface area contributed by atoms with E-state index in [4.69, 9.17) is 0 Å². The second-order valence-corrected chi connectivity index (χ2v) is 4.18. The SMILES string of the molecule is CCc1nccn1-c1ncc([N+](=O)[O-])cc1Br. The van der Waals surface area contributed by atoms with Crippen molar-refractivity contribution in [2.24, 2.45) is 0 Å². The van der Waals surface area contributed by atoms with Crippen molar-refractivity contribution in [2.75, 3.05) is 0 Å². The van der Waals surface area contributed by atoms with E-state index >= 15 is 0 Å². The molecule has 0 saturated carbocycles. The standard InChI is InChI=1S/C10H9BrN4O2/c1-2-9-12-3-4-14(9)10-8(11)5-7(6-13-10)15(16)17/h3-6H,2H2,1H3. The molecule has 0 saturated heterocycles. The van der Waals surface area contributed by atoms with Gasteiger partial charge in [0.25, 0.3) is 5.69 Å². The Bertz CT molecular complexity index is 567. The zero-order valence-electron chi connectivity index (χ0n) is 9.00. The quantitative estimate of drug-likeness (QED) is 0.644. The monoisotopic (exact) mass is 296 g/mol. The molecule has 0 unspecified atom stereocenters. The van der Waals surface area contributed by atoms with E-state index < -0.39 is 4.92 Å². The summed E-state index contributed by atoms with van der Waals surface area (Å²) in [5.74, 6) is 1.46. The van der Waals surface area contributed by atoms with Gasteiger partial charge in [0.15, 0.2) is 5.82 Å². The number of hydrogen-bond acceptors (Lipinski definition) is 4. The van der Waals surface area contributed by atoms with Gasteiger partial charge in [0.1, 0.15) is 12.0 Å². The Morgan fingerprint density at radius 3 is 2.88 bits per heavy atom. The lowest BCUT2D eigenvalue weighted by Gasteiger charge is -2.06. The molecule has 2 aromatic rings. The van der Waals surface area contributed by atoms with Crippen LogP contribution in [-0.4, -0.2) is 19.5 Å². The van der Waals surface area contributed by atoms with Crippen molar-refractivity contribution in [3.05, 3.63) is 45.1 Å². The smallest absolute Gasteiger partial charge is 0.287 e. The first-order chi connectivity index (χ1) is 8.13. The Kier molecular flexibility index (Phi) is 3.19. The second kappa shape index (κ2) is 4.62. The van der Waals surface area contributed by atoms with Crippen LogP contribution in [0, 0.1) is 10.1 Å². The molecule has 6 nitrogen and oxygen atoms in total. The number of aromatic nitrogens is 3. The van der Waals surface area contributed by atoms with E-state index in [-0.39, 0.29) is 5.69 Å². The van der Waals surface area contributed by atoms with Gasteiger partial charge in [-0.2, -0.15) is 0 Å². The van der Waals surface area contributed by atoms with Gasteiger partial charge in [-0.1, -0.05) is 6.92 Å². The van der Waals surface area contributed by atoms with Crippen LogP contribution < -0.4 is 0 Å². The number of rotatable bonds is 3. The van der Waals surface area contributed by atoms with Crippen LogP contribution >= 0.6 is 15.9 Å². The van der Waals surface area contributed by atoms with Crippen LogP contribution in [0.4, 0.5) is 5.69 Å². The van der Waals surface area contributed by atoms with E-state index in [2.05, 4.69) is 25.9 Å². The number of hydrogen-bond donors (Lipinski definition) is 0. The normalized spacial score (nSPS) is 10.5. The van der Waals surface area contributed by atoms with Crippen molar-refractivity contribution >= 4 is 21.6 Å². The lowest BCUT2D eigenvalue weighted by Crippen LogP contribution is -2.03. The third-order valence-electron chi connectivity index (χ3n) is 2.28. The summed E-state index contributed by atoms with van der Waals surface area (Å²) in [5, 5.41) is 10.6. The first-order valence-corrected chi connectivity index (χ1v) is 5.75. The zero-order valence-corrected chi connectivity index (χ0v) is 10.6. The van der Waals surface area contributed by atoms with Gasteiger partial charge in [0.2, 0.25) is 0 Å². The molecule has 0 radical (unpaired) electrons. The largest absolute Gasteiger partial charge is 0.288 e. The van der Waals surface area contributed by atoms with Crippen LogP contribution in [0.1, 0.15) is 12.7 Å². The number of nitrogens with zero attached hydrogens (tertiary/aromatic N) is 4. The molecular formula is C10H9BrN4O2. The van der Waals surface area contributed by atoms with Gasteiger partial charge < -0.3 is 0 Å². The van der Waals surface area contributed by atoms with Crippen LogP contribution in [0.2, 0.25) is 0 Å². The van der Waals surface area contributed by atoms with Crippen molar-refractivity contribution in [3.63, 3.8) is 0 Å². The number of halogens is 1. The summed E-state index contributed by atoms with van der Waals surface area (Å²) in [6.07, 6.45) is 5.45. The highest BCUT2D eigenvalue weighted by molar-refractivity contribution is 9.10. The predicted molar refractivity (Wildman–Crippen MR) is 65.1 cm³/mol. The third-order valence-corrected chi connectivity index (χ3v) is 2.86. The van der Waals surface area contributed by atoms with Gasteiger partial charge in [-0.3, -0.25) is 14.7 Å². The lowest BCUT2D eigenvalue weighted by atomic mass is 10.4. The third kappa shape index (κ3) is 2.19. The predicted octanol–water partition coefficient (Wildman–Crippen LogP) is 2.50. The number of nitro groups is 1. The van der Waals surface area contributed by atoms with Gasteiger partial charge in [0, 0.05) is 24.9 Å². The Hall–Kier alpha value is -1.76. The second-order valence-electron chi connectivity index (χ2n) is 3.32. The molecule has 0 bridgehead atoms. The molecule has 2 aromatic heterocycles. The average Bonchev–Trinajstić information content (AvgIpc) is 2.76. The molecule has 0 N–H and O–H groups in total. The maximum absolute atomic E-state index is 10.6. The number of aryl methyl sites for hydroxylation is 1. The Balaban J connectivity index is 2.50. The highest BCUT2D eigenvalue weighted by Gasteiger charge is 2.13. The van der Waals surface area contributed by atoms with Crippen LogP contribution in [0.25, 0.3) is 5.82 Å². The van der Waals surface area contributed by atoms with E-state index in [0.717, 1.165) is 12.2 Å². The number of imidazole rings is 1. The summed E-state index contributed by atoms with van der Waals surface area (Å²) in [6, 6.07) is 1.43. The molecule has 0 aliphatic carbocycles. The first-order valence-electron chi connectivity index (χ1n) is 4.96. The summed E-state index contributed by atoms with van der Waals surface area (Å²) in [4.78, 5) is 18.4. The Labute approximate surface area is 106 Å². The summed E-state index contributed by atoms with van der Waals surface area (Å²) < 4.78 is 2.37. The van der Waals surface area contributed by atoms with E-state index in [1.807, 2.05) is 6.92 Å².